The predicted molar refractivity (Wildman–Crippen MR) is 82.5 cm³/mol. The molecule has 2 N–H and O–H groups in total. The lowest BCUT2D eigenvalue weighted by Crippen LogP contribution is -2.44. The molecule has 0 aromatic heterocycles. The molecule has 0 bridgehead atoms. The van der Waals surface area contributed by atoms with Gasteiger partial charge < -0.3 is 5.73 Å². The normalized spacial score (nSPS) is 27.7. The van der Waals surface area contributed by atoms with Crippen molar-refractivity contribution in [1.29, 1.82) is 0 Å². The third kappa shape index (κ3) is 1.65. The van der Waals surface area contributed by atoms with Crippen LogP contribution in [0.3, 0.4) is 0 Å². The number of benzene rings is 1. The van der Waals surface area contributed by atoms with Crippen molar-refractivity contribution < 1.29 is 4.79 Å². The topological polar surface area (TPSA) is 58.7 Å². The number of nitrogens with two attached hydrogens (primary N) is 1. The molecule has 5 heteroatoms. The second-order valence-corrected chi connectivity index (χ2v) is 7.18. The first-order chi connectivity index (χ1) is 9.28. The highest BCUT2D eigenvalue weighted by Gasteiger charge is 2.53. The van der Waals surface area contributed by atoms with Crippen molar-refractivity contribution in [2.75, 3.05) is 7.05 Å². The second kappa shape index (κ2) is 4.07. The number of hydrogen-bond donors (Lipinski definition) is 1. The third-order valence-corrected chi connectivity index (χ3v) is 5.07. The number of fused-ring (bicyclic) bond motifs is 2. The molecule has 1 atom stereocenters. The van der Waals surface area contributed by atoms with Crippen molar-refractivity contribution in [2.24, 2.45) is 10.7 Å². The van der Waals surface area contributed by atoms with E-state index in [1.165, 1.54) is 10.5 Å². The van der Waals surface area contributed by atoms with E-state index in [2.05, 4.69) is 40.8 Å². The third-order valence-electron chi connectivity index (χ3n) is 4.58. The summed E-state index contributed by atoms with van der Waals surface area (Å²) in [4.78, 5) is 18.7. The second-order valence-electron chi connectivity index (χ2n) is 6.27. The zero-order chi connectivity index (χ0) is 14.7. The van der Waals surface area contributed by atoms with Crippen LogP contribution in [0.4, 0.5) is 0 Å². The molecule has 0 saturated heterocycles. The number of amides is 1. The Bertz CT molecular complexity index is 638. The molecule has 2 aliphatic rings. The standard InChI is InChI=1S/C15H18BrN3O/c1-14(2)6-7-15(12(20)19(3)13(17)18-15)11-8-9(16)4-5-10(11)14/h4-5,8H,6-7H2,1-3H3,(H2,17,18). The van der Waals surface area contributed by atoms with E-state index in [9.17, 15) is 4.79 Å². The summed E-state index contributed by atoms with van der Waals surface area (Å²) in [5.74, 6) is 0.283. The van der Waals surface area contributed by atoms with Gasteiger partial charge in [0.1, 0.15) is 0 Å². The van der Waals surface area contributed by atoms with Crippen LogP contribution < -0.4 is 5.73 Å². The van der Waals surface area contributed by atoms with Crippen LogP contribution >= 0.6 is 15.9 Å². The van der Waals surface area contributed by atoms with Crippen molar-refractivity contribution in [3.8, 4) is 0 Å². The van der Waals surface area contributed by atoms with Gasteiger partial charge >= 0.3 is 0 Å². The van der Waals surface area contributed by atoms with Crippen LogP contribution in [0, 0.1) is 0 Å². The van der Waals surface area contributed by atoms with Crippen LogP contribution in [-0.4, -0.2) is 23.8 Å². The van der Waals surface area contributed by atoms with Crippen molar-refractivity contribution in [2.45, 2.75) is 37.6 Å². The first kappa shape index (κ1) is 13.6. The lowest BCUT2D eigenvalue weighted by atomic mass is 9.65. The SMILES string of the molecule is CN1C(=O)C2(CCC(C)(C)c3ccc(Br)cc32)N=C1N. The molecular weight excluding hydrogens is 318 g/mol. The number of guanidine groups is 1. The van der Waals surface area contributed by atoms with Crippen molar-refractivity contribution >= 4 is 27.8 Å². The Morgan fingerprint density at radius 1 is 1.30 bits per heavy atom. The summed E-state index contributed by atoms with van der Waals surface area (Å²) in [6, 6.07) is 6.14. The van der Waals surface area contributed by atoms with Crippen LogP contribution in [0.2, 0.25) is 0 Å². The molecule has 1 amide bonds. The van der Waals surface area contributed by atoms with Gasteiger partial charge in [0.2, 0.25) is 0 Å². The van der Waals surface area contributed by atoms with E-state index in [4.69, 9.17) is 5.73 Å². The van der Waals surface area contributed by atoms with Gasteiger partial charge in [0.25, 0.3) is 5.91 Å². The molecule has 0 fully saturated rings. The smallest absolute Gasteiger partial charge is 0.261 e. The summed E-state index contributed by atoms with van der Waals surface area (Å²) in [6.45, 7) is 4.42. The number of nitrogens with zero attached hydrogens (tertiary/aromatic N) is 2. The highest BCUT2D eigenvalue weighted by Crippen LogP contribution is 2.49. The molecule has 1 aliphatic carbocycles. The first-order valence-corrected chi connectivity index (χ1v) is 7.51. The van der Waals surface area contributed by atoms with Gasteiger partial charge in [0.05, 0.1) is 0 Å². The minimum Gasteiger partial charge on any atom is -0.369 e. The molecule has 1 aromatic carbocycles. The quantitative estimate of drug-likeness (QED) is 0.791. The van der Waals surface area contributed by atoms with Crippen molar-refractivity contribution in [3.05, 3.63) is 33.8 Å². The zero-order valence-electron chi connectivity index (χ0n) is 11.9. The van der Waals surface area contributed by atoms with E-state index in [1.807, 2.05) is 12.1 Å². The van der Waals surface area contributed by atoms with E-state index in [0.29, 0.717) is 12.4 Å². The Morgan fingerprint density at radius 2 is 2.00 bits per heavy atom. The average Bonchev–Trinajstić information content (AvgIpc) is 2.60. The summed E-state index contributed by atoms with van der Waals surface area (Å²) in [7, 11) is 1.69. The first-order valence-electron chi connectivity index (χ1n) is 6.72. The fraction of sp³-hybridized carbons (Fsp3) is 0.467. The van der Waals surface area contributed by atoms with Crippen LogP contribution in [0.25, 0.3) is 0 Å². The molecule has 4 nitrogen and oxygen atoms in total. The van der Waals surface area contributed by atoms with Crippen LogP contribution in [0.1, 0.15) is 37.8 Å². The van der Waals surface area contributed by atoms with Crippen molar-refractivity contribution in [1.82, 2.24) is 4.90 Å². The van der Waals surface area contributed by atoms with Crippen molar-refractivity contribution in [3.63, 3.8) is 0 Å². The molecule has 0 saturated carbocycles. The Balaban J connectivity index is 2.28. The summed E-state index contributed by atoms with van der Waals surface area (Å²) >= 11 is 3.50. The number of likely N-dealkylation sites (N-methyl/N-ethyl adjacent to an activating group) is 1. The highest BCUT2D eigenvalue weighted by atomic mass is 79.9. The molecule has 1 heterocycles. The number of aliphatic imine (C=N–C) groups is 1. The number of carbonyl (C=O) groups excluding carboxylic acids is 1. The van der Waals surface area contributed by atoms with Gasteiger partial charge in [-0.05, 0) is 41.5 Å². The van der Waals surface area contributed by atoms with E-state index in [-0.39, 0.29) is 11.3 Å². The predicted octanol–water partition coefficient (Wildman–Crippen LogP) is 2.50. The summed E-state index contributed by atoms with van der Waals surface area (Å²) in [5, 5.41) is 0. The van der Waals surface area contributed by atoms with E-state index < -0.39 is 5.54 Å². The molecule has 3 rings (SSSR count). The molecule has 20 heavy (non-hydrogen) atoms. The Morgan fingerprint density at radius 3 is 2.60 bits per heavy atom. The van der Waals surface area contributed by atoms with Gasteiger partial charge in [0, 0.05) is 11.5 Å². The number of hydrogen-bond acceptors (Lipinski definition) is 3. The summed E-state index contributed by atoms with van der Waals surface area (Å²) in [5.41, 5.74) is 7.28. The fourth-order valence-corrected chi connectivity index (χ4v) is 3.61. The number of halogens is 1. The zero-order valence-corrected chi connectivity index (χ0v) is 13.5. The maximum absolute atomic E-state index is 12.7. The van der Waals surface area contributed by atoms with Gasteiger partial charge in [0.15, 0.2) is 11.5 Å². The minimum absolute atomic E-state index is 0.0233. The maximum Gasteiger partial charge on any atom is 0.261 e. The van der Waals surface area contributed by atoms with E-state index in [1.54, 1.807) is 7.05 Å². The molecule has 1 unspecified atom stereocenters. The van der Waals surface area contributed by atoms with Gasteiger partial charge in [-0.1, -0.05) is 35.8 Å². The lowest BCUT2D eigenvalue weighted by molar-refractivity contribution is -0.131. The Kier molecular flexibility index (Phi) is 2.77. The van der Waals surface area contributed by atoms with Crippen LogP contribution in [0.5, 0.6) is 0 Å². The monoisotopic (exact) mass is 335 g/mol. The summed E-state index contributed by atoms with van der Waals surface area (Å²) in [6.07, 6.45) is 1.62. The largest absolute Gasteiger partial charge is 0.369 e. The molecule has 1 aliphatic heterocycles. The van der Waals surface area contributed by atoms with E-state index in [0.717, 1.165) is 16.5 Å². The minimum atomic E-state index is -0.826. The lowest BCUT2D eigenvalue weighted by Gasteiger charge is -2.40. The van der Waals surface area contributed by atoms with Gasteiger partial charge in [-0.25, -0.2) is 4.99 Å². The van der Waals surface area contributed by atoms with Gasteiger partial charge in [-0.3, -0.25) is 9.69 Å². The van der Waals surface area contributed by atoms with Crippen LogP contribution in [0.15, 0.2) is 27.7 Å². The fourth-order valence-electron chi connectivity index (χ4n) is 3.25. The molecule has 1 aromatic rings. The number of rotatable bonds is 0. The molecule has 1 spiro atoms. The highest BCUT2D eigenvalue weighted by molar-refractivity contribution is 9.10. The molecule has 0 radical (unpaired) electrons. The molecule has 106 valence electrons. The van der Waals surface area contributed by atoms with E-state index >= 15 is 0 Å². The summed E-state index contributed by atoms with van der Waals surface area (Å²) < 4.78 is 0.962. The Hall–Kier alpha value is -1.36. The maximum atomic E-state index is 12.7. The number of carbonyl (C=O) groups is 1. The van der Waals surface area contributed by atoms with Gasteiger partial charge in [-0.2, -0.15) is 0 Å². The molecular formula is C15H18BrN3O. The average molecular weight is 336 g/mol. The Labute approximate surface area is 127 Å². The van der Waals surface area contributed by atoms with Crippen LogP contribution in [-0.2, 0) is 15.7 Å². The van der Waals surface area contributed by atoms with Gasteiger partial charge in [-0.15, -0.1) is 0 Å².